The number of nitrogen functional groups attached to an aromatic ring is 1. The molecule has 1 unspecified atom stereocenters. The fourth-order valence-corrected chi connectivity index (χ4v) is 2.22. The van der Waals surface area contributed by atoms with E-state index in [0.717, 1.165) is 10.9 Å². The Bertz CT molecular complexity index is 406. The van der Waals surface area contributed by atoms with Crippen LogP contribution >= 0.6 is 15.9 Å². The van der Waals surface area contributed by atoms with Crippen molar-refractivity contribution in [3.05, 3.63) is 28.2 Å². The van der Waals surface area contributed by atoms with Gasteiger partial charge >= 0.3 is 5.97 Å². The first-order chi connectivity index (χ1) is 7.41. The lowest BCUT2D eigenvalue weighted by molar-refractivity contribution is -0.143. The van der Waals surface area contributed by atoms with E-state index in [1.54, 1.807) is 19.1 Å². The summed E-state index contributed by atoms with van der Waals surface area (Å²) in [5.74, 6) is -0.834. The van der Waals surface area contributed by atoms with Crippen LogP contribution in [0.1, 0.15) is 32.3 Å². The van der Waals surface area contributed by atoms with E-state index in [2.05, 4.69) is 15.9 Å². The average molecular weight is 286 g/mol. The second-order valence-corrected chi connectivity index (χ2v) is 5.03. The Hall–Kier alpha value is -1.03. The molecule has 1 rings (SSSR count). The van der Waals surface area contributed by atoms with Crippen LogP contribution in [0.15, 0.2) is 22.7 Å². The van der Waals surface area contributed by atoms with E-state index in [-0.39, 0.29) is 0 Å². The van der Waals surface area contributed by atoms with Gasteiger partial charge in [0.1, 0.15) is 0 Å². The normalized spacial score (nSPS) is 14.4. The van der Waals surface area contributed by atoms with E-state index in [0.29, 0.717) is 17.7 Å². The first-order valence-electron chi connectivity index (χ1n) is 5.20. The van der Waals surface area contributed by atoms with Gasteiger partial charge in [-0.15, -0.1) is 0 Å². The molecule has 0 aliphatic carbocycles. The van der Waals surface area contributed by atoms with Crippen LogP contribution < -0.4 is 5.73 Å². The Balaban J connectivity index is 3.31. The molecule has 0 aliphatic heterocycles. The Morgan fingerprint density at radius 1 is 1.56 bits per heavy atom. The number of anilines is 1. The molecule has 0 spiro atoms. The van der Waals surface area contributed by atoms with Crippen molar-refractivity contribution >= 4 is 27.6 Å². The number of benzene rings is 1. The quantitative estimate of drug-likeness (QED) is 0.836. The Morgan fingerprint density at radius 3 is 2.69 bits per heavy atom. The van der Waals surface area contributed by atoms with E-state index in [4.69, 9.17) is 5.73 Å². The molecule has 0 fully saturated rings. The molecule has 0 saturated carbocycles. The average Bonchev–Trinajstić information content (AvgIpc) is 2.21. The lowest BCUT2D eigenvalue weighted by Crippen LogP contribution is -2.33. The highest BCUT2D eigenvalue weighted by Crippen LogP contribution is 2.35. The molecule has 1 aromatic carbocycles. The third kappa shape index (κ3) is 2.38. The van der Waals surface area contributed by atoms with Crippen LogP contribution in [-0.4, -0.2) is 11.1 Å². The lowest BCUT2D eigenvalue weighted by atomic mass is 9.78. The van der Waals surface area contributed by atoms with Gasteiger partial charge in [0.25, 0.3) is 0 Å². The van der Waals surface area contributed by atoms with Crippen LogP contribution in [0.2, 0.25) is 0 Å². The maximum Gasteiger partial charge on any atom is 0.313 e. The topological polar surface area (TPSA) is 63.3 Å². The molecule has 0 aliphatic rings. The van der Waals surface area contributed by atoms with Crippen LogP contribution in [-0.2, 0) is 10.2 Å². The maximum atomic E-state index is 11.4. The van der Waals surface area contributed by atoms with Gasteiger partial charge < -0.3 is 10.8 Å². The zero-order valence-corrected chi connectivity index (χ0v) is 11.0. The minimum Gasteiger partial charge on any atom is -0.481 e. The first kappa shape index (κ1) is 13.0. The Morgan fingerprint density at radius 2 is 2.19 bits per heavy atom. The van der Waals surface area contributed by atoms with E-state index < -0.39 is 11.4 Å². The second-order valence-electron chi connectivity index (χ2n) is 4.12. The number of hydrogen-bond acceptors (Lipinski definition) is 2. The summed E-state index contributed by atoms with van der Waals surface area (Å²) in [5, 5.41) is 9.36. The smallest absolute Gasteiger partial charge is 0.313 e. The van der Waals surface area contributed by atoms with Crippen molar-refractivity contribution in [3.63, 3.8) is 0 Å². The maximum absolute atomic E-state index is 11.4. The molecule has 0 heterocycles. The van der Waals surface area contributed by atoms with Gasteiger partial charge in [0, 0.05) is 10.2 Å². The molecule has 88 valence electrons. The third-order valence-electron chi connectivity index (χ3n) is 2.83. The van der Waals surface area contributed by atoms with Crippen LogP contribution in [0.4, 0.5) is 5.69 Å². The minimum atomic E-state index is -0.914. The summed E-state index contributed by atoms with van der Waals surface area (Å²) in [5.41, 5.74) is 6.15. The molecule has 4 heteroatoms. The summed E-state index contributed by atoms with van der Waals surface area (Å²) >= 11 is 3.34. The van der Waals surface area contributed by atoms with Crippen LogP contribution in [0, 0.1) is 0 Å². The highest BCUT2D eigenvalue weighted by molar-refractivity contribution is 9.10. The number of nitrogens with two attached hydrogens (primary N) is 1. The van der Waals surface area contributed by atoms with Crippen molar-refractivity contribution in [3.8, 4) is 0 Å². The van der Waals surface area contributed by atoms with Gasteiger partial charge in [0.15, 0.2) is 0 Å². The monoisotopic (exact) mass is 285 g/mol. The third-order valence-corrected chi connectivity index (χ3v) is 3.33. The predicted molar refractivity (Wildman–Crippen MR) is 68.5 cm³/mol. The van der Waals surface area contributed by atoms with E-state index in [9.17, 15) is 9.90 Å². The van der Waals surface area contributed by atoms with Crippen LogP contribution in [0.25, 0.3) is 0 Å². The first-order valence-corrected chi connectivity index (χ1v) is 6.00. The van der Waals surface area contributed by atoms with Gasteiger partial charge in [-0.3, -0.25) is 4.79 Å². The zero-order chi connectivity index (χ0) is 12.3. The summed E-state index contributed by atoms with van der Waals surface area (Å²) in [7, 11) is 0. The molecule has 0 radical (unpaired) electrons. The molecule has 0 aromatic heterocycles. The van der Waals surface area contributed by atoms with E-state index in [1.165, 1.54) is 0 Å². The minimum absolute atomic E-state index is 0.529. The number of rotatable bonds is 4. The molecular weight excluding hydrogens is 270 g/mol. The molecule has 1 aromatic rings. The van der Waals surface area contributed by atoms with Gasteiger partial charge in [-0.1, -0.05) is 29.3 Å². The molecule has 3 nitrogen and oxygen atoms in total. The zero-order valence-electron chi connectivity index (χ0n) is 9.46. The van der Waals surface area contributed by atoms with Crippen molar-refractivity contribution in [1.29, 1.82) is 0 Å². The standard InChI is InChI=1S/C12H16BrNO2/c1-3-6-12(2,11(15)16)9-7-8(13)4-5-10(9)14/h4-5,7H,3,6,14H2,1-2H3,(H,15,16). The lowest BCUT2D eigenvalue weighted by Gasteiger charge is -2.26. The molecule has 0 amide bonds. The summed E-state index contributed by atoms with van der Waals surface area (Å²) in [6.45, 7) is 3.69. The number of carbonyl (C=O) groups is 1. The van der Waals surface area contributed by atoms with E-state index >= 15 is 0 Å². The summed E-state index contributed by atoms with van der Waals surface area (Å²) in [6, 6.07) is 5.34. The number of aliphatic carboxylic acids is 1. The highest BCUT2D eigenvalue weighted by atomic mass is 79.9. The van der Waals surface area contributed by atoms with Gasteiger partial charge in [-0.25, -0.2) is 0 Å². The Kier molecular flexibility index (Phi) is 3.97. The van der Waals surface area contributed by atoms with Gasteiger partial charge in [0.05, 0.1) is 5.41 Å². The van der Waals surface area contributed by atoms with Crippen molar-refractivity contribution < 1.29 is 9.90 Å². The van der Waals surface area contributed by atoms with Gasteiger partial charge in [0.2, 0.25) is 0 Å². The van der Waals surface area contributed by atoms with Gasteiger partial charge in [-0.05, 0) is 37.1 Å². The highest BCUT2D eigenvalue weighted by Gasteiger charge is 2.35. The summed E-state index contributed by atoms with van der Waals surface area (Å²) in [6.07, 6.45) is 1.37. The van der Waals surface area contributed by atoms with E-state index in [1.807, 2.05) is 13.0 Å². The fourth-order valence-electron chi connectivity index (χ4n) is 1.86. The van der Waals surface area contributed by atoms with Crippen molar-refractivity contribution in [2.45, 2.75) is 32.1 Å². The molecule has 1 atom stereocenters. The SMILES string of the molecule is CCCC(C)(C(=O)O)c1cc(Br)ccc1N. The summed E-state index contributed by atoms with van der Waals surface area (Å²) in [4.78, 5) is 11.4. The largest absolute Gasteiger partial charge is 0.481 e. The predicted octanol–water partition coefficient (Wildman–Crippen LogP) is 3.17. The molecule has 0 bridgehead atoms. The number of halogens is 1. The number of carboxylic acids is 1. The number of hydrogen-bond donors (Lipinski definition) is 2. The second kappa shape index (κ2) is 4.87. The van der Waals surface area contributed by atoms with Crippen molar-refractivity contribution in [1.82, 2.24) is 0 Å². The summed E-state index contributed by atoms with van der Waals surface area (Å²) < 4.78 is 0.847. The van der Waals surface area contributed by atoms with Crippen molar-refractivity contribution in [2.75, 3.05) is 5.73 Å². The fraction of sp³-hybridized carbons (Fsp3) is 0.417. The van der Waals surface area contributed by atoms with Gasteiger partial charge in [-0.2, -0.15) is 0 Å². The molecule has 0 saturated heterocycles. The van der Waals surface area contributed by atoms with Crippen LogP contribution in [0.5, 0.6) is 0 Å². The number of carboxylic acid groups (broad SMARTS) is 1. The van der Waals surface area contributed by atoms with Crippen molar-refractivity contribution in [2.24, 2.45) is 0 Å². The molecule has 16 heavy (non-hydrogen) atoms. The molecular formula is C12H16BrNO2. The Labute approximate surface area is 104 Å². The molecule has 3 N–H and O–H groups in total. The van der Waals surface area contributed by atoms with Crippen LogP contribution in [0.3, 0.4) is 0 Å².